The number of rotatable bonds is 4. The van der Waals surface area contributed by atoms with E-state index in [4.69, 9.17) is 0 Å². The first-order chi connectivity index (χ1) is 7.18. The highest BCUT2D eigenvalue weighted by Crippen LogP contribution is 2.15. The Morgan fingerprint density at radius 2 is 2.40 bits per heavy atom. The lowest BCUT2D eigenvalue weighted by Crippen LogP contribution is -2.22. The van der Waals surface area contributed by atoms with Crippen LogP contribution in [0, 0.1) is 0 Å². The van der Waals surface area contributed by atoms with Crippen molar-refractivity contribution in [1.29, 1.82) is 0 Å². The molecule has 0 aliphatic carbocycles. The minimum absolute atomic E-state index is 0.174. The van der Waals surface area contributed by atoms with Crippen LogP contribution in [0.25, 0.3) is 0 Å². The maximum atomic E-state index is 11.6. The molecular weight excluding hydrogens is 234 g/mol. The Bertz CT molecular complexity index is 502. The Hall–Kier alpha value is -1.18. The van der Waals surface area contributed by atoms with Gasteiger partial charge >= 0.3 is 0 Å². The number of nitrogens with zero attached hydrogens (tertiary/aromatic N) is 1. The normalized spacial score (nSPS) is 11.7. The predicted octanol–water partition coefficient (Wildman–Crippen LogP) is 0.950. The maximum absolute atomic E-state index is 11.6. The van der Waals surface area contributed by atoms with E-state index >= 15 is 0 Å². The lowest BCUT2D eigenvalue weighted by molar-refractivity contribution is 0.582. The first-order valence-electron chi connectivity index (χ1n) is 4.20. The van der Waals surface area contributed by atoms with Crippen LogP contribution in [0.1, 0.15) is 5.82 Å². The average molecular weight is 243 g/mol. The second-order valence-corrected chi connectivity index (χ2v) is 5.73. The van der Waals surface area contributed by atoms with Gasteiger partial charge in [0, 0.05) is 12.4 Å². The molecule has 7 heteroatoms. The Morgan fingerprint density at radius 1 is 1.53 bits per heavy atom. The summed E-state index contributed by atoms with van der Waals surface area (Å²) >= 11 is 1.19. The molecule has 2 aromatic heterocycles. The van der Waals surface area contributed by atoms with Gasteiger partial charge in [0.15, 0.2) is 0 Å². The molecule has 0 saturated carbocycles. The molecule has 2 aromatic rings. The number of hydrogen-bond donors (Lipinski definition) is 2. The van der Waals surface area contributed by atoms with Gasteiger partial charge in [-0.1, -0.05) is 6.07 Å². The summed E-state index contributed by atoms with van der Waals surface area (Å²) in [7, 11) is -3.38. The summed E-state index contributed by atoms with van der Waals surface area (Å²) < 4.78 is 26.1. The molecule has 0 spiro atoms. The van der Waals surface area contributed by atoms with E-state index in [0.717, 1.165) is 0 Å². The van der Waals surface area contributed by atoms with Gasteiger partial charge in [0.1, 0.15) is 10.0 Å². The fraction of sp³-hybridized carbons (Fsp3) is 0.125. The van der Waals surface area contributed by atoms with E-state index in [1.54, 1.807) is 29.9 Å². The van der Waals surface area contributed by atoms with Crippen molar-refractivity contribution in [2.75, 3.05) is 0 Å². The van der Waals surface area contributed by atoms with Crippen LogP contribution in [0.4, 0.5) is 0 Å². The molecule has 0 fully saturated rings. The van der Waals surface area contributed by atoms with Crippen LogP contribution in [0.15, 0.2) is 34.1 Å². The van der Waals surface area contributed by atoms with Crippen LogP contribution in [0.2, 0.25) is 0 Å². The van der Waals surface area contributed by atoms with Gasteiger partial charge in [-0.3, -0.25) is 0 Å². The van der Waals surface area contributed by atoms with Crippen LogP contribution >= 0.6 is 11.3 Å². The Morgan fingerprint density at radius 3 is 3.00 bits per heavy atom. The summed E-state index contributed by atoms with van der Waals surface area (Å²) in [4.78, 5) is 6.74. The van der Waals surface area contributed by atoms with Gasteiger partial charge < -0.3 is 4.98 Å². The van der Waals surface area contributed by atoms with Crippen molar-refractivity contribution in [3.05, 3.63) is 35.7 Å². The highest BCUT2D eigenvalue weighted by molar-refractivity contribution is 7.91. The molecule has 0 aliphatic rings. The third kappa shape index (κ3) is 2.44. The van der Waals surface area contributed by atoms with Crippen LogP contribution in [-0.4, -0.2) is 18.4 Å². The smallest absolute Gasteiger partial charge is 0.250 e. The zero-order chi connectivity index (χ0) is 10.7. The predicted molar refractivity (Wildman–Crippen MR) is 56.9 cm³/mol. The van der Waals surface area contributed by atoms with Gasteiger partial charge in [-0.25, -0.2) is 18.1 Å². The van der Waals surface area contributed by atoms with Crippen molar-refractivity contribution in [1.82, 2.24) is 14.7 Å². The Balaban J connectivity index is 2.06. The number of H-pyrrole nitrogens is 1. The van der Waals surface area contributed by atoms with Gasteiger partial charge in [-0.15, -0.1) is 11.3 Å². The fourth-order valence-corrected chi connectivity index (χ4v) is 3.07. The number of nitrogens with one attached hydrogen (secondary N) is 2. The summed E-state index contributed by atoms with van der Waals surface area (Å²) in [6, 6.07) is 3.27. The molecule has 2 rings (SSSR count). The average Bonchev–Trinajstić information content (AvgIpc) is 2.88. The van der Waals surface area contributed by atoms with Crippen LogP contribution in [0.3, 0.4) is 0 Å². The summed E-state index contributed by atoms with van der Waals surface area (Å²) in [5.41, 5.74) is 0. The largest absolute Gasteiger partial charge is 0.347 e. The molecule has 2 N–H and O–H groups in total. The van der Waals surface area contributed by atoms with E-state index in [0.29, 0.717) is 10.0 Å². The number of aromatic amines is 1. The number of aromatic nitrogens is 2. The van der Waals surface area contributed by atoms with E-state index in [9.17, 15) is 8.42 Å². The van der Waals surface area contributed by atoms with Crippen LogP contribution in [-0.2, 0) is 16.6 Å². The fourth-order valence-electron chi connectivity index (χ4n) is 1.05. The number of sulfonamides is 1. The molecule has 15 heavy (non-hydrogen) atoms. The van der Waals surface area contributed by atoms with Crippen molar-refractivity contribution in [2.45, 2.75) is 10.8 Å². The second kappa shape index (κ2) is 4.13. The third-order valence-corrected chi connectivity index (χ3v) is 4.54. The minimum Gasteiger partial charge on any atom is -0.347 e. The van der Waals surface area contributed by atoms with Gasteiger partial charge in [0.25, 0.3) is 0 Å². The molecule has 0 aromatic carbocycles. The highest BCUT2D eigenvalue weighted by atomic mass is 32.2. The maximum Gasteiger partial charge on any atom is 0.250 e. The Labute approximate surface area is 91.2 Å². The quantitative estimate of drug-likeness (QED) is 0.839. The molecule has 2 heterocycles. The summed E-state index contributed by atoms with van der Waals surface area (Å²) in [6.45, 7) is 0.174. The number of thiophene rings is 1. The van der Waals surface area contributed by atoms with Crippen molar-refractivity contribution in [2.24, 2.45) is 0 Å². The van der Waals surface area contributed by atoms with Gasteiger partial charge in [0.05, 0.1) is 6.54 Å². The van der Waals surface area contributed by atoms with Crippen molar-refractivity contribution >= 4 is 21.4 Å². The van der Waals surface area contributed by atoms with Gasteiger partial charge in [0.2, 0.25) is 10.0 Å². The first kappa shape index (κ1) is 10.3. The summed E-state index contributed by atoms with van der Waals surface area (Å²) in [5.74, 6) is 0.593. The molecule has 0 saturated heterocycles. The minimum atomic E-state index is -3.38. The lowest BCUT2D eigenvalue weighted by atomic mass is 10.6. The Kier molecular flexibility index (Phi) is 2.85. The van der Waals surface area contributed by atoms with Crippen molar-refractivity contribution < 1.29 is 8.42 Å². The first-order valence-corrected chi connectivity index (χ1v) is 6.56. The summed E-state index contributed by atoms with van der Waals surface area (Å²) in [5, 5.41) is 1.72. The molecule has 80 valence electrons. The van der Waals surface area contributed by atoms with Gasteiger partial charge in [-0.2, -0.15) is 0 Å². The molecule has 0 atom stereocenters. The zero-order valence-electron chi connectivity index (χ0n) is 7.67. The molecule has 0 bridgehead atoms. The topological polar surface area (TPSA) is 74.8 Å². The van der Waals surface area contributed by atoms with Crippen molar-refractivity contribution in [3.63, 3.8) is 0 Å². The van der Waals surface area contributed by atoms with E-state index < -0.39 is 10.0 Å². The van der Waals surface area contributed by atoms with Crippen LogP contribution in [0.5, 0.6) is 0 Å². The zero-order valence-corrected chi connectivity index (χ0v) is 9.31. The second-order valence-electron chi connectivity index (χ2n) is 2.79. The molecular formula is C8H9N3O2S2. The molecule has 0 unspecified atom stereocenters. The monoisotopic (exact) mass is 243 g/mol. The van der Waals surface area contributed by atoms with Gasteiger partial charge in [-0.05, 0) is 11.4 Å². The number of hydrogen-bond acceptors (Lipinski definition) is 4. The molecule has 0 aliphatic heterocycles. The summed E-state index contributed by atoms with van der Waals surface area (Å²) in [6.07, 6.45) is 3.23. The highest BCUT2D eigenvalue weighted by Gasteiger charge is 2.14. The molecule has 0 radical (unpaired) electrons. The van der Waals surface area contributed by atoms with E-state index in [1.165, 1.54) is 11.3 Å². The van der Waals surface area contributed by atoms with Crippen molar-refractivity contribution in [3.8, 4) is 0 Å². The lowest BCUT2D eigenvalue weighted by Gasteiger charge is -2.01. The molecule has 5 nitrogen and oxygen atoms in total. The third-order valence-electron chi connectivity index (χ3n) is 1.74. The molecule has 0 amide bonds. The van der Waals surface area contributed by atoms with E-state index in [-0.39, 0.29) is 6.54 Å². The van der Waals surface area contributed by atoms with E-state index in [2.05, 4.69) is 14.7 Å². The number of imidazole rings is 1. The van der Waals surface area contributed by atoms with E-state index in [1.807, 2.05) is 0 Å². The standard InChI is InChI=1S/C8H9N3O2S2/c12-15(13,8-2-1-5-14-8)11-6-7-9-3-4-10-7/h1-5,11H,6H2,(H,9,10). The SMILES string of the molecule is O=S(=O)(NCc1ncc[nH]1)c1cccs1. The van der Waals surface area contributed by atoms with Crippen LogP contribution < -0.4 is 4.72 Å².